The van der Waals surface area contributed by atoms with E-state index < -0.39 is 5.92 Å². The van der Waals surface area contributed by atoms with Gasteiger partial charge >= 0.3 is 5.97 Å². The van der Waals surface area contributed by atoms with Gasteiger partial charge in [0.1, 0.15) is 5.92 Å². The first kappa shape index (κ1) is 12.2. The van der Waals surface area contributed by atoms with Crippen LogP contribution in [0.3, 0.4) is 0 Å². The lowest BCUT2D eigenvalue weighted by Crippen LogP contribution is -2.19. The molecule has 0 radical (unpaired) electrons. The fourth-order valence-corrected chi connectivity index (χ4v) is 1.52. The third kappa shape index (κ3) is 3.32. The van der Waals surface area contributed by atoms with Gasteiger partial charge in [0.05, 0.1) is 13.2 Å². The van der Waals surface area contributed by atoms with Crippen LogP contribution < -0.4 is 0 Å². The highest BCUT2D eigenvalue weighted by atomic mass is 79.9. The molecular weight excluding hydrogens is 260 g/mol. The molecule has 1 rings (SSSR count). The Balaban J connectivity index is 2.82. The molecule has 0 fully saturated rings. The summed E-state index contributed by atoms with van der Waals surface area (Å²) >= 11 is 3.31. The van der Waals surface area contributed by atoms with Gasteiger partial charge in [0.2, 0.25) is 0 Å². The Hall–Kier alpha value is -0.870. The van der Waals surface area contributed by atoms with Crippen LogP contribution in [-0.4, -0.2) is 24.3 Å². The minimum absolute atomic E-state index is 0.236. The Morgan fingerprint density at radius 1 is 1.47 bits per heavy atom. The fourth-order valence-electron chi connectivity index (χ4n) is 1.25. The minimum atomic E-state index is -0.585. The summed E-state index contributed by atoms with van der Waals surface area (Å²) in [5.74, 6) is -0.972. The maximum absolute atomic E-state index is 11.5. The molecule has 0 aromatic heterocycles. The van der Waals surface area contributed by atoms with Crippen molar-refractivity contribution in [3.05, 3.63) is 34.3 Å². The molecule has 0 heterocycles. The number of hydrogen-bond acceptors (Lipinski definition) is 3. The summed E-state index contributed by atoms with van der Waals surface area (Å²) in [6, 6.07) is 7.25. The number of rotatable bonds is 4. The van der Waals surface area contributed by atoms with Gasteiger partial charge in [-0.2, -0.15) is 0 Å². The Morgan fingerprint density at radius 3 is 2.53 bits per heavy atom. The van der Waals surface area contributed by atoms with E-state index in [1.165, 1.54) is 0 Å². The van der Waals surface area contributed by atoms with E-state index >= 15 is 0 Å². The SMILES string of the molecule is CCOC(=O)[C@H](CO)c1ccc(Br)cc1. The van der Waals surface area contributed by atoms with Gasteiger partial charge in [0.25, 0.3) is 0 Å². The first-order chi connectivity index (χ1) is 7.19. The Morgan fingerprint density at radius 2 is 2.07 bits per heavy atom. The third-order valence-electron chi connectivity index (χ3n) is 2.03. The summed E-state index contributed by atoms with van der Waals surface area (Å²) in [4.78, 5) is 11.5. The molecular formula is C11H13BrO3. The van der Waals surface area contributed by atoms with Crippen LogP contribution >= 0.6 is 15.9 Å². The first-order valence-corrected chi connectivity index (χ1v) is 5.51. The molecule has 1 aromatic carbocycles. The maximum atomic E-state index is 11.5. The van der Waals surface area contributed by atoms with Crippen molar-refractivity contribution in [1.82, 2.24) is 0 Å². The fraction of sp³-hybridized carbons (Fsp3) is 0.364. The van der Waals surface area contributed by atoms with E-state index in [2.05, 4.69) is 15.9 Å². The second-order valence-corrected chi connectivity index (χ2v) is 3.95. The van der Waals surface area contributed by atoms with E-state index in [0.29, 0.717) is 6.61 Å². The highest BCUT2D eigenvalue weighted by Gasteiger charge is 2.20. The van der Waals surface area contributed by atoms with E-state index in [1.807, 2.05) is 12.1 Å². The molecule has 0 unspecified atom stereocenters. The molecule has 3 nitrogen and oxygen atoms in total. The molecule has 0 amide bonds. The second kappa shape index (κ2) is 5.88. The van der Waals surface area contributed by atoms with Crippen LogP contribution in [0.5, 0.6) is 0 Å². The van der Waals surface area contributed by atoms with Crippen LogP contribution in [0.15, 0.2) is 28.7 Å². The number of hydrogen-bond donors (Lipinski definition) is 1. The predicted octanol–water partition coefficient (Wildman–Crippen LogP) is 2.09. The Bertz CT molecular complexity index is 321. The van der Waals surface area contributed by atoms with Crippen LogP contribution in [0.4, 0.5) is 0 Å². The lowest BCUT2D eigenvalue weighted by molar-refractivity contribution is -0.145. The highest BCUT2D eigenvalue weighted by molar-refractivity contribution is 9.10. The van der Waals surface area contributed by atoms with Crippen molar-refractivity contribution in [2.45, 2.75) is 12.8 Å². The van der Waals surface area contributed by atoms with Crippen molar-refractivity contribution in [2.75, 3.05) is 13.2 Å². The summed E-state index contributed by atoms with van der Waals surface area (Å²) in [5, 5.41) is 9.13. The van der Waals surface area contributed by atoms with Gasteiger partial charge in [0, 0.05) is 4.47 Å². The molecule has 0 aliphatic heterocycles. The lowest BCUT2D eigenvalue weighted by Gasteiger charge is -2.12. The van der Waals surface area contributed by atoms with Gasteiger partial charge in [-0.15, -0.1) is 0 Å². The maximum Gasteiger partial charge on any atom is 0.315 e. The number of carbonyl (C=O) groups is 1. The van der Waals surface area contributed by atoms with E-state index in [9.17, 15) is 4.79 Å². The summed E-state index contributed by atoms with van der Waals surface area (Å²) in [6.45, 7) is 1.83. The van der Waals surface area contributed by atoms with Crippen molar-refractivity contribution in [3.63, 3.8) is 0 Å². The molecule has 0 bridgehead atoms. The molecule has 0 saturated heterocycles. The van der Waals surface area contributed by atoms with Crippen LogP contribution in [-0.2, 0) is 9.53 Å². The van der Waals surface area contributed by atoms with E-state index in [-0.39, 0.29) is 12.6 Å². The Kier molecular flexibility index (Phi) is 4.78. The number of ether oxygens (including phenoxy) is 1. The molecule has 0 aliphatic carbocycles. The van der Waals surface area contributed by atoms with Crippen LogP contribution in [0.2, 0.25) is 0 Å². The molecule has 1 N–H and O–H groups in total. The largest absolute Gasteiger partial charge is 0.465 e. The summed E-state index contributed by atoms with van der Waals surface area (Å²) < 4.78 is 5.81. The van der Waals surface area contributed by atoms with Crippen molar-refractivity contribution in [1.29, 1.82) is 0 Å². The highest BCUT2D eigenvalue weighted by Crippen LogP contribution is 2.19. The van der Waals surface area contributed by atoms with Gasteiger partial charge in [-0.05, 0) is 24.6 Å². The third-order valence-corrected chi connectivity index (χ3v) is 2.55. The topological polar surface area (TPSA) is 46.5 Å². The van der Waals surface area contributed by atoms with Gasteiger partial charge in [-0.25, -0.2) is 0 Å². The number of aliphatic hydroxyl groups is 1. The van der Waals surface area contributed by atoms with Gasteiger partial charge < -0.3 is 9.84 Å². The number of halogens is 1. The summed E-state index contributed by atoms with van der Waals surface area (Å²) in [6.07, 6.45) is 0. The van der Waals surface area contributed by atoms with Gasteiger partial charge in [-0.1, -0.05) is 28.1 Å². The average molecular weight is 273 g/mol. The zero-order valence-corrected chi connectivity index (χ0v) is 10.0. The number of aliphatic hydroxyl groups excluding tert-OH is 1. The van der Waals surface area contributed by atoms with Crippen molar-refractivity contribution in [2.24, 2.45) is 0 Å². The Labute approximate surface area is 97.2 Å². The normalized spacial score (nSPS) is 12.2. The summed E-state index contributed by atoms with van der Waals surface area (Å²) in [5.41, 5.74) is 0.763. The van der Waals surface area contributed by atoms with E-state index in [4.69, 9.17) is 9.84 Å². The zero-order valence-electron chi connectivity index (χ0n) is 8.44. The molecule has 0 saturated carbocycles. The number of esters is 1. The zero-order chi connectivity index (χ0) is 11.3. The molecule has 0 spiro atoms. The number of benzene rings is 1. The minimum Gasteiger partial charge on any atom is -0.465 e. The van der Waals surface area contributed by atoms with Crippen molar-refractivity contribution >= 4 is 21.9 Å². The van der Waals surface area contributed by atoms with Gasteiger partial charge in [0.15, 0.2) is 0 Å². The van der Waals surface area contributed by atoms with Crippen molar-refractivity contribution in [3.8, 4) is 0 Å². The molecule has 82 valence electrons. The predicted molar refractivity (Wildman–Crippen MR) is 60.6 cm³/mol. The lowest BCUT2D eigenvalue weighted by atomic mass is 10.0. The molecule has 15 heavy (non-hydrogen) atoms. The van der Waals surface area contributed by atoms with E-state index in [0.717, 1.165) is 10.0 Å². The molecule has 4 heteroatoms. The standard InChI is InChI=1S/C11H13BrO3/c1-2-15-11(14)10(7-13)8-3-5-9(12)6-4-8/h3-6,10,13H,2,7H2,1H3/t10-/m1/s1. The molecule has 1 atom stereocenters. The monoisotopic (exact) mass is 272 g/mol. The van der Waals surface area contributed by atoms with Crippen LogP contribution in [0.1, 0.15) is 18.4 Å². The first-order valence-electron chi connectivity index (χ1n) is 4.72. The molecule has 0 aliphatic rings. The van der Waals surface area contributed by atoms with Crippen molar-refractivity contribution < 1.29 is 14.6 Å². The summed E-state index contributed by atoms with van der Waals surface area (Å²) in [7, 11) is 0. The van der Waals surface area contributed by atoms with Crippen LogP contribution in [0.25, 0.3) is 0 Å². The number of carbonyl (C=O) groups excluding carboxylic acids is 1. The smallest absolute Gasteiger partial charge is 0.315 e. The van der Waals surface area contributed by atoms with Gasteiger partial charge in [-0.3, -0.25) is 4.79 Å². The molecule has 1 aromatic rings. The quantitative estimate of drug-likeness (QED) is 0.854. The van der Waals surface area contributed by atoms with Crippen LogP contribution in [0, 0.1) is 0 Å². The average Bonchev–Trinajstić information content (AvgIpc) is 2.22. The second-order valence-electron chi connectivity index (χ2n) is 3.04. The van der Waals surface area contributed by atoms with E-state index in [1.54, 1.807) is 19.1 Å².